The van der Waals surface area contributed by atoms with Crippen molar-refractivity contribution in [2.24, 2.45) is 0 Å². The summed E-state index contributed by atoms with van der Waals surface area (Å²) in [5.41, 5.74) is 1.22. The van der Waals surface area contributed by atoms with Gasteiger partial charge in [-0.1, -0.05) is 29.8 Å². The van der Waals surface area contributed by atoms with Gasteiger partial charge in [-0.3, -0.25) is 0 Å². The van der Waals surface area contributed by atoms with Gasteiger partial charge in [-0.2, -0.15) is 0 Å². The van der Waals surface area contributed by atoms with Crippen molar-refractivity contribution in [1.29, 1.82) is 0 Å². The molecule has 0 radical (unpaired) electrons. The molecule has 0 aliphatic heterocycles. The number of carboxylic acid groups (broad SMARTS) is 1. The third-order valence-electron chi connectivity index (χ3n) is 3.62. The first-order valence-electron chi connectivity index (χ1n) is 6.68. The highest BCUT2D eigenvalue weighted by molar-refractivity contribution is 5.84. The summed E-state index contributed by atoms with van der Waals surface area (Å²) < 4.78 is 13.7. The molecule has 110 valence electrons. The van der Waals surface area contributed by atoms with Crippen molar-refractivity contribution in [3.05, 3.63) is 65.0 Å². The quantitative estimate of drug-likeness (QED) is 0.898. The summed E-state index contributed by atoms with van der Waals surface area (Å²) in [5, 5.41) is 12.6. The molecule has 21 heavy (non-hydrogen) atoms. The van der Waals surface area contributed by atoms with Crippen LogP contribution in [0.25, 0.3) is 0 Å². The van der Waals surface area contributed by atoms with E-state index in [1.807, 2.05) is 19.1 Å². The first-order valence-corrected chi connectivity index (χ1v) is 6.68. The summed E-state index contributed by atoms with van der Waals surface area (Å²) in [6, 6.07) is 11.9. The summed E-state index contributed by atoms with van der Waals surface area (Å²) in [6.45, 7) is 5.12. The second kappa shape index (κ2) is 5.56. The SMILES string of the molecule is Cc1ccc(NC(C)(C(=O)O)c2ccc(C)c(F)c2)cc1. The number of anilines is 1. The molecule has 0 fully saturated rings. The second-order valence-corrected chi connectivity index (χ2v) is 5.39. The minimum Gasteiger partial charge on any atom is -0.479 e. The molecule has 0 aromatic heterocycles. The van der Waals surface area contributed by atoms with Crippen LogP contribution in [0.15, 0.2) is 42.5 Å². The summed E-state index contributed by atoms with van der Waals surface area (Å²) in [5.74, 6) is -1.47. The maximum atomic E-state index is 13.7. The van der Waals surface area contributed by atoms with E-state index in [0.29, 0.717) is 16.8 Å². The van der Waals surface area contributed by atoms with E-state index in [0.717, 1.165) is 5.56 Å². The fourth-order valence-corrected chi connectivity index (χ4v) is 2.08. The summed E-state index contributed by atoms with van der Waals surface area (Å²) in [7, 11) is 0. The molecule has 0 amide bonds. The topological polar surface area (TPSA) is 49.3 Å². The second-order valence-electron chi connectivity index (χ2n) is 5.39. The molecule has 0 aliphatic rings. The molecule has 1 atom stereocenters. The van der Waals surface area contributed by atoms with Crippen LogP contribution in [0.4, 0.5) is 10.1 Å². The van der Waals surface area contributed by atoms with Gasteiger partial charge in [-0.15, -0.1) is 0 Å². The van der Waals surface area contributed by atoms with Gasteiger partial charge in [0.15, 0.2) is 5.54 Å². The zero-order chi connectivity index (χ0) is 15.6. The molecule has 2 aromatic rings. The third-order valence-corrected chi connectivity index (χ3v) is 3.62. The predicted octanol–water partition coefficient (Wildman–Crippen LogP) is 3.85. The van der Waals surface area contributed by atoms with Crippen LogP contribution in [0.3, 0.4) is 0 Å². The van der Waals surface area contributed by atoms with Gasteiger partial charge in [0.2, 0.25) is 0 Å². The van der Waals surface area contributed by atoms with E-state index in [-0.39, 0.29) is 0 Å². The van der Waals surface area contributed by atoms with Crippen molar-refractivity contribution in [1.82, 2.24) is 0 Å². The van der Waals surface area contributed by atoms with Gasteiger partial charge in [0.25, 0.3) is 0 Å². The van der Waals surface area contributed by atoms with Crippen LogP contribution in [0, 0.1) is 19.7 Å². The van der Waals surface area contributed by atoms with Gasteiger partial charge in [0.1, 0.15) is 5.82 Å². The molecule has 0 saturated carbocycles. The van der Waals surface area contributed by atoms with E-state index in [4.69, 9.17) is 0 Å². The van der Waals surface area contributed by atoms with Gasteiger partial charge < -0.3 is 10.4 Å². The maximum absolute atomic E-state index is 13.7. The number of hydrogen-bond acceptors (Lipinski definition) is 2. The van der Waals surface area contributed by atoms with Gasteiger partial charge in [-0.05, 0) is 50.1 Å². The number of hydrogen-bond donors (Lipinski definition) is 2. The Morgan fingerprint density at radius 2 is 1.76 bits per heavy atom. The fourth-order valence-electron chi connectivity index (χ4n) is 2.08. The average molecular weight is 287 g/mol. The number of nitrogens with one attached hydrogen (secondary N) is 1. The summed E-state index contributed by atoms with van der Waals surface area (Å²) in [4.78, 5) is 11.7. The maximum Gasteiger partial charge on any atom is 0.333 e. The van der Waals surface area contributed by atoms with Crippen LogP contribution >= 0.6 is 0 Å². The number of benzene rings is 2. The Morgan fingerprint density at radius 1 is 1.14 bits per heavy atom. The van der Waals surface area contributed by atoms with E-state index in [9.17, 15) is 14.3 Å². The molecule has 0 bridgehead atoms. The molecule has 2 N–H and O–H groups in total. The van der Waals surface area contributed by atoms with Crippen molar-refractivity contribution >= 4 is 11.7 Å². The Balaban J connectivity index is 2.42. The minimum atomic E-state index is -1.40. The van der Waals surface area contributed by atoms with E-state index in [2.05, 4.69) is 5.32 Å². The van der Waals surface area contributed by atoms with Crippen molar-refractivity contribution < 1.29 is 14.3 Å². The van der Waals surface area contributed by atoms with Crippen LogP contribution in [-0.4, -0.2) is 11.1 Å². The Bertz CT molecular complexity index is 667. The van der Waals surface area contributed by atoms with E-state index < -0.39 is 17.3 Å². The Kier molecular flexibility index (Phi) is 3.98. The summed E-state index contributed by atoms with van der Waals surface area (Å²) in [6.07, 6.45) is 0. The lowest BCUT2D eigenvalue weighted by Gasteiger charge is -2.28. The average Bonchev–Trinajstić information content (AvgIpc) is 2.44. The zero-order valence-corrected chi connectivity index (χ0v) is 12.3. The first kappa shape index (κ1) is 15.0. The van der Waals surface area contributed by atoms with Crippen molar-refractivity contribution in [3.63, 3.8) is 0 Å². The highest BCUT2D eigenvalue weighted by Gasteiger charge is 2.35. The number of aliphatic carboxylic acids is 1. The first-order chi connectivity index (χ1) is 9.83. The van der Waals surface area contributed by atoms with E-state index >= 15 is 0 Å². The predicted molar refractivity (Wildman–Crippen MR) is 80.9 cm³/mol. The van der Waals surface area contributed by atoms with Gasteiger partial charge in [-0.25, -0.2) is 9.18 Å². The number of aryl methyl sites for hydroxylation is 2. The fraction of sp³-hybridized carbons (Fsp3) is 0.235. The van der Waals surface area contributed by atoms with Crippen LogP contribution < -0.4 is 5.32 Å². The Morgan fingerprint density at radius 3 is 2.29 bits per heavy atom. The molecule has 0 aliphatic carbocycles. The molecular weight excluding hydrogens is 269 g/mol. The van der Waals surface area contributed by atoms with Crippen LogP contribution in [-0.2, 0) is 10.3 Å². The molecule has 0 saturated heterocycles. The zero-order valence-electron chi connectivity index (χ0n) is 12.3. The van der Waals surface area contributed by atoms with Crippen LogP contribution in [0.5, 0.6) is 0 Å². The molecule has 4 heteroatoms. The molecule has 1 unspecified atom stereocenters. The smallest absolute Gasteiger partial charge is 0.333 e. The van der Waals surface area contributed by atoms with Crippen LogP contribution in [0.2, 0.25) is 0 Å². The molecule has 2 aromatic carbocycles. The summed E-state index contributed by atoms with van der Waals surface area (Å²) >= 11 is 0. The minimum absolute atomic E-state index is 0.374. The van der Waals surface area contributed by atoms with Gasteiger partial charge >= 0.3 is 5.97 Å². The molecular formula is C17H18FNO2. The van der Waals surface area contributed by atoms with Crippen molar-refractivity contribution in [3.8, 4) is 0 Å². The van der Waals surface area contributed by atoms with Crippen LogP contribution in [0.1, 0.15) is 23.6 Å². The highest BCUT2D eigenvalue weighted by Crippen LogP contribution is 2.28. The lowest BCUT2D eigenvalue weighted by Crippen LogP contribution is -2.40. The number of carboxylic acids is 1. The molecule has 0 heterocycles. The third kappa shape index (κ3) is 3.05. The number of halogens is 1. The standard InChI is InChI=1S/C17H18FNO2/c1-11-4-8-14(9-5-11)19-17(3,16(20)21)13-7-6-12(2)15(18)10-13/h4-10,19H,1-3H3,(H,20,21). The molecule has 0 spiro atoms. The normalized spacial score (nSPS) is 13.5. The largest absolute Gasteiger partial charge is 0.479 e. The van der Waals surface area contributed by atoms with Gasteiger partial charge in [0.05, 0.1) is 0 Å². The van der Waals surface area contributed by atoms with E-state index in [1.165, 1.54) is 13.0 Å². The molecule has 3 nitrogen and oxygen atoms in total. The Labute approximate surface area is 123 Å². The molecule has 2 rings (SSSR count). The number of rotatable bonds is 4. The lowest BCUT2D eigenvalue weighted by molar-refractivity contribution is -0.142. The van der Waals surface area contributed by atoms with Crippen molar-refractivity contribution in [2.45, 2.75) is 26.3 Å². The lowest BCUT2D eigenvalue weighted by atomic mass is 9.90. The number of carbonyl (C=O) groups is 1. The van der Waals surface area contributed by atoms with Gasteiger partial charge in [0, 0.05) is 5.69 Å². The van der Waals surface area contributed by atoms with E-state index in [1.54, 1.807) is 31.2 Å². The highest BCUT2D eigenvalue weighted by atomic mass is 19.1. The Hall–Kier alpha value is -2.36. The monoisotopic (exact) mass is 287 g/mol. The van der Waals surface area contributed by atoms with Crippen molar-refractivity contribution in [2.75, 3.05) is 5.32 Å².